The van der Waals surface area contributed by atoms with E-state index in [-0.39, 0.29) is 5.54 Å². The Kier molecular flexibility index (Phi) is 6.95. The van der Waals surface area contributed by atoms with Gasteiger partial charge in [0, 0.05) is 18.7 Å². The molecule has 0 amide bonds. The Hall–Kier alpha value is -1.14. The summed E-state index contributed by atoms with van der Waals surface area (Å²) >= 11 is 0. The molecule has 0 aromatic carbocycles. The summed E-state index contributed by atoms with van der Waals surface area (Å²) in [6.07, 6.45) is 2.35. The highest BCUT2D eigenvalue weighted by Gasteiger charge is 2.11. The Labute approximate surface area is 121 Å². The van der Waals surface area contributed by atoms with Gasteiger partial charge in [-0.2, -0.15) is 0 Å². The topological polar surface area (TPSA) is 72.2 Å². The van der Waals surface area contributed by atoms with Crippen molar-refractivity contribution in [1.82, 2.24) is 15.5 Å². The number of unbranched alkanes of at least 4 members (excludes halogenated alkanes) is 1. The minimum atomic E-state index is 0.0402. The van der Waals surface area contributed by atoms with Crippen LogP contribution in [-0.4, -0.2) is 35.0 Å². The van der Waals surface area contributed by atoms with Crippen molar-refractivity contribution in [3.05, 3.63) is 5.89 Å². The van der Waals surface area contributed by atoms with Crippen LogP contribution < -0.4 is 10.6 Å². The second-order valence-corrected chi connectivity index (χ2v) is 6.16. The molecule has 6 heteroatoms. The van der Waals surface area contributed by atoms with E-state index in [9.17, 15) is 0 Å². The highest BCUT2D eigenvalue weighted by Crippen LogP contribution is 2.07. The Morgan fingerprint density at radius 2 is 1.95 bits per heavy atom. The molecule has 0 aliphatic rings. The standard InChI is InChI=1S/C14H28N4O2/c1-11(2)19-9-7-6-8-15-13-18-17-12(20-13)10-16-14(3,4)5/h11,16H,6-10H2,1-5H3,(H,15,18). The monoisotopic (exact) mass is 284 g/mol. The Balaban J connectivity index is 2.14. The molecule has 0 aliphatic heterocycles. The smallest absolute Gasteiger partial charge is 0.315 e. The van der Waals surface area contributed by atoms with Gasteiger partial charge in [-0.3, -0.25) is 0 Å². The summed E-state index contributed by atoms with van der Waals surface area (Å²) in [5, 5.41) is 14.4. The normalized spacial score (nSPS) is 12.1. The van der Waals surface area contributed by atoms with E-state index in [2.05, 4.69) is 41.6 Å². The van der Waals surface area contributed by atoms with E-state index in [1.165, 1.54) is 0 Å². The Morgan fingerprint density at radius 1 is 1.20 bits per heavy atom. The highest BCUT2D eigenvalue weighted by atomic mass is 16.5. The van der Waals surface area contributed by atoms with Crippen LogP contribution in [0.2, 0.25) is 0 Å². The van der Waals surface area contributed by atoms with Crippen molar-refractivity contribution in [2.75, 3.05) is 18.5 Å². The number of ether oxygens (including phenoxy) is 1. The van der Waals surface area contributed by atoms with Crippen molar-refractivity contribution in [3.63, 3.8) is 0 Å². The molecule has 6 nitrogen and oxygen atoms in total. The van der Waals surface area contributed by atoms with Gasteiger partial charge in [-0.15, -0.1) is 5.10 Å². The van der Waals surface area contributed by atoms with E-state index in [1.807, 2.05) is 13.8 Å². The number of hydrogen-bond acceptors (Lipinski definition) is 6. The van der Waals surface area contributed by atoms with Crippen LogP contribution in [0.25, 0.3) is 0 Å². The average molecular weight is 284 g/mol. The van der Waals surface area contributed by atoms with Gasteiger partial charge in [0.05, 0.1) is 12.6 Å². The molecule has 0 atom stereocenters. The molecule has 116 valence electrons. The second-order valence-electron chi connectivity index (χ2n) is 6.16. The van der Waals surface area contributed by atoms with Crippen molar-refractivity contribution < 1.29 is 9.15 Å². The third kappa shape index (κ3) is 8.12. The van der Waals surface area contributed by atoms with Crippen molar-refractivity contribution >= 4 is 6.01 Å². The van der Waals surface area contributed by atoms with Crippen LogP contribution in [0.15, 0.2) is 4.42 Å². The molecule has 0 bridgehead atoms. The minimum Gasteiger partial charge on any atom is -0.407 e. The Bertz CT molecular complexity index is 371. The van der Waals surface area contributed by atoms with E-state index in [0.29, 0.717) is 24.6 Å². The van der Waals surface area contributed by atoms with Crippen molar-refractivity contribution in [2.24, 2.45) is 0 Å². The summed E-state index contributed by atoms with van der Waals surface area (Å²) < 4.78 is 11.0. The molecule has 0 aliphatic carbocycles. The van der Waals surface area contributed by atoms with Crippen molar-refractivity contribution in [1.29, 1.82) is 0 Å². The van der Waals surface area contributed by atoms with Gasteiger partial charge in [0.1, 0.15) is 0 Å². The fourth-order valence-electron chi connectivity index (χ4n) is 1.48. The fourth-order valence-corrected chi connectivity index (χ4v) is 1.48. The number of nitrogens with zero attached hydrogens (tertiary/aromatic N) is 2. The second kappa shape index (κ2) is 8.21. The van der Waals surface area contributed by atoms with Gasteiger partial charge in [-0.05, 0) is 47.5 Å². The summed E-state index contributed by atoms with van der Waals surface area (Å²) in [5.74, 6) is 0.602. The summed E-state index contributed by atoms with van der Waals surface area (Å²) in [5.41, 5.74) is 0.0402. The van der Waals surface area contributed by atoms with E-state index in [4.69, 9.17) is 9.15 Å². The van der Waals surface area contributed by atoms with Gasteiger partial charge in [-0.1, -0.05) is 5.10 Å². The molecular weight excluding hydrogens is 256 g/mol. The predicted octanol–water partition coefficient (Wildman–Crippen LogP) is 2.57. The first-order chi connectivity index (χ1) is 9.37. The zero-order valence-electron chi connectivity index (χ0n) is 13.3. The number of hydrogen-bond donors (Lipinski definition) is 2. The van der Waals surface area contributed by atoms with Gasteiger partial charge < -0.3 is 19.8 Å². The zero-order chi connectivity index (χ0) is 15.0. The molecule has 0 saturated heterocycles. The molecule has 0 unspecified atom stereocenters. The van der Waals surface area contributed by atoms with Crippen LogP contribution in [0, 0.1) is 0 Å². The van der Waals surface area contributed by atoms with Gasteiger partial charge in [-0.25, -0.2) is 0 Å². The molecule has 0 spiro atoms. The maximum atomic E-state index is 5.50. The number of rotatable bonds is 9. The lowest BCUT2D eigenvalue weighted by Crippen LogP contribution is -2.35. The van der Waals surface area contributed by atoms with Crippen LogP contribution >= 0.6 is 0 Å². The number of anilines is 1. The largest absolute Gasteiger partial charge is 0.407 e. The summed E-state index contributed by atoms with van der Waals surface area (Å²) in [6, 6.07) is 0.487. The average Bonchev–Trinajstić information content (AvgIpc) is 2.78. The van der Waals surface area contributed by atoms with E-state index in [1.54, 1.807) is 0 Å². The van der Waals surface area contributed by atoms with Crippen molar-refractivity contribution in [3.8, 4) is 0 Å². The van der Waals surface area contributed by atoms with Gasteiger partial charge in [0.25, 0.3) is 0 Å². The SMILES string of the molecule is CC(C)OCCCCNc1nnc(CNC(C)(C)C)o1. The molecule has 0 fully saturated rings. The third-order valence-corrected chi connectivity index (χ3v) is 2.54. The maximum Gasteiger partial charge on any atom is 0.315 e. The van der Waals surface area contributed by atoms with Crippen molar-refractivity contribution in [2.45, 2.75) is 65.6 Å². The van der Waals surface area contributed by atoms with E-state index >= 15 is 0 Å². The van der Waals surface area contributed by atoms with E-state index in [0.717, 1.165) is 26.0 Å². The number of nitrogens with one attached hydrogen (secondary N) is 2. The summed E-state index contributed by atoms with van der Waals surface area (Å²) in [6.45, 7) is 12.6. The molecule has 2 N–H and O–H groups in total. The van der Waals surface area contributed by atoms with Crippen LogP contribution in [0.3, 0.4) is 0 Å². The lowest BCUT2D eigenvalue weighted by molar-refractivity contribution is 0.0765. The van der Waals surface area contributed by atoms with Crippen LogP contribution in [0.4, 0.5) is 6.01 Å². The summed E-state index contributed by atoms with van der Waals surface area (Å²) in [4.78, 5) is 0. The van der Waals surface area contributed by atoms with Gasteiger partial charge in [0.2, 0.25) is 5.89 Å². The molecule has 0 saturated carbocycles. The maximum absolute atomic E-state index is 5.50. The summed E-state index contributed by atoms with van der Waals surface area (Å²) in [7, 11) is 0. The first kappa shape index (κ1) is 16.9. The Morgan fingerprint density at radius 3 is 2.60 bits per heavy atom. The van der Waals surface area contributed by atoms with E-state index < -0.39 is 0 Å². The minimum absolute atomic E-state index is 0.0402. The molecule has 1 aromatic heterocycles. The zero-order valence-corrected chi connectivity index (χ0v) is 13.3. The fraction of sp³-hybridized carbons (Fsp3) is 0.857. The highest BCUT2D eigenvalue weighted by molar-refractivity contribution is 5.16. The molecule has 1 heterocycles. The first-order valence-electron chi connectivity index (χ1n) is 7.30. The van der Waals surface area contributed by atoms with Gasteiger partial charge in [0.15, 0.2) is 0 Å². The first-order valence-corrected chi connectivity index (χ1v) is 7.30. The predicted molar refractivity (Wildman–Crippen MR) is 79.7 cm³/mol. The lowest BCUT2D eigenvalue weighted by atomic mass is 10.1. The number of aromatic nitrogens is 2. The molecular formula is C14H28N4O2. The van der Waals surface area contributed by atoms with Gasteiger partial charge >= 0.3 is 6.01 Å². The third-order valence-electron chi connectivity index (χ3n) is 2.54. The van der Waals surface area contributed by atoms with Crippen LogP contribution in [0.1, 0.15) is 53.4 Å². The molecule has 1 rings (SSSR count). The lowest BCUT2D eigenvalue weighted by Gasteiger charge is -2.18. The van der Waals surface area contributed by atoms with Crippen LogP contribution in [0.5, 0.6) is 0 Å². The quantitative estimate of drug-likeness (QED) is 0.679. The molecule has 20 heavy (non-hydrogen) atoms. The molecule has 1 aromatic rings. The molecule has 0 radical (unpaired) electrons. The van der Waals surface area contributed by atoms with Crippen LogP contribution in [-0.2, 0) is 11.3 Å².